The molecule has 0 saturated heterocycles. The Bertz CT molecular complexity index is 796. The average Bonchev–Trinajstić information content (AvgIpc) is 3.05. The van der Waals surface area contributed by atoms with Crippen LogP contribution in [0.3, 0.4) is 0 Å². The van der Waals surface area contributed by atoms with Gasteiger partial charge in [-0.05, 0) is 36.6 Å². The van der Waals surface area contributed by atoms with E-state index < -0.39 is 0 Å². The molecule has 110 valence electrons. The Hall–Kier alpha value is -2.60. The molecule has 6 nitrogen and oxygen atoms in total. The Labute approximate surface area is 127 Å². The summed E-state index contributed by atoms with van der Waals surface area (Å²) in [6.07, 6.45) is 0.845. The third-order valence-electron chi connectivity index (χ3n) is 3.85. The normalized spacial score (nSPS) is 17.2. The Morgan fingerprint density at radius 1 is 1.09 bits per heavy atom. The quantitative estimate of drug-likeness (QED) is 0.780. The van der Waals surface area contributed by atoms with Crippen molar-refractivity contribution in [3.8, 4) is 11.5 Å². The number of benzene rings is 1. The molecular weight excluding hydrogens is 278 g/mol. The van der Waals surface area contributed by atoms with E-state index in [0.29, 0.717) is 17.4 Å². The van der Waals surface area contributed by atoms with Gasteiger partial charge in [-0.15, -0.1) is 5.10 Å². The van der Waals surface area contributed by atoms with Gasteiger partial charge in [-0.2, -0.15) is 10.1 Å². The summed E-state index contributed by atoms with van der Waals surface area (Å²) in [4.78, 5) is 4.46. The van der Waals surface area contributed by atoms with Crippen LogP contribution in [0.4, 0.5) is 0 Å². The highest BCUT2D eigenvalue weighted by Gasteiger charge is 2.24. The van der Waals surface area contributed by atoms with E-state index in [-0.39, 0.29) is 6.04 Å². The summed E-state index contributed by atoms with van der Waals surface area (Å²) < 4.78 is 5.41. The number of aromatic nitrogens is 4. The highest BCUT2D eigenvalue weighted by atomic mass is 16.5. The first-order chi connectivity index (χ1) is 10.8. The van der Waals surface area contributed by atoms with E-state index in [1.165, 1.54) is 11.1 Å². The van der Waals surface area contributed by atoms with E-state index in [1.807, 2.05) is 19.1 Å². The first-order valence-corrected chi connectivity index (χ1v) is 7.24. The van der Waals surface area contributed by atoms with Crippen molar-refractivity contribution in [2.45, 2.75) is 25.9 Å². The lowest BCUT2D eigenvalue weighted by atomic mass is 9.96. The zero-order valence-electron chi connectivity index (χ0n) is 12.2. The first-order valence-electron chi connectivity index (χ1n) is 7.24. The van der Waals surface area contributed by atoms with Gasteiger partial charge in [0.2, 0.25) is 11.7 Å². The molecule has 6 heteroatoms. The molecule has 1 aliphatic rings. The van der Waals surface area contributed by atoms with E-state index in [4.69, 9.17) is 4.52 Å². The number of nitrogens with zero attached hydrogens (tertiary/aromatic N) is 4. The second kappa shape index (κ2) is 5.31. The van der Waals surface area contributed by atoms with Gasteiger partial charge in [0, 0.05) is 6.54 Å². The van der Waals surface area contributed by atoms with E-state index in [2.05, 4.69) is 49.9 Å². The van der Waals surface area contributed by atoms with Gasteiger partial charge in [0.15, 0.2) is 0 Å². The maximum Gasteiger partial charge on any atom is 0.244 e. The third-order valence-corrected chi connectivity index (χ3v) is 3.85. The zero-order valence-corrected chi connectivity index (χ0v) is 12.2. The second-order valence-electron chi connectivity index (χ2n) is 5.42. The van der Waals surface area contributed by atoms with Crippen molar-refractivity contribution in [3.63, 3.8) is 0 Å². The maximum atomic E-state index is 5.41. The molecule has 0 amide bonds. The van der Waals surface area contributed by atoms with Crippen molar-refractivity contribution in [3.05, 3.63) is 59.1 Å². The van der Waals surface area contributed by atoms with Gasteiger partial charge < -0.3 is 9.84 Å². The topological polar surface area (TPSA) is 76.7 Å². The van der Waals surface area contributed by atoms with Gasteiger partial charge in [0.25, 0.3) is 0 Å². The van der Waals surface area contributed by atoms with Crippen molar-refractivity contribution in [2.75, 3.05) is 0 Å². The summed E-state index contributed by atoms with van der Waals surface area (Å²) in [6, 6.07) is 12.2. The first kappa shape index (κ1) is 13.1. The summed E-state index contributed by atoms with van der Waals surface area (Å²) in [5.41, 5.74) is 4.12. The largest absolute Gasteiger partial charge is 0.337 e. The molecule has 0 aliphatic carbocycles. The summed E-state index contributed by atoms with van der Waals surface area (Å²) in [5.74, 6) is 1.06. The van der Waals surface area contributed by atoms with Crippen LogP contribution in [0.2, 0.25) is 0 Å². The van der Waals surface area contributed by atoms with E-state index in [0.717, 1.165) is 18.7 Å². The molecule has 0 bridgehead atoms. The number of hydrogen-bond acceptors (Lipinski definition) is 6. The van der Waals surface area contributed by atoms with E-state index in [9.17, 15) is 0 Å². The smallest absolute Gasteiger partial charge is 0.244 e. The van der Waals surface area contributed by atoms with Crippen molar-refractivity contribution < 1.29 is 4.52 Å². The molecule has 0 spiro atoms. The van der Waals surface area contributed by atoms with Gasteiger partial charge >= 0.3 is 0 Å². The van der Waals surface area contributed by atoms with Gasteiger partial charge in [-0.25, -0.2) is 0 Å². The molecular formula is C16H15N5O. The molecule has 2 aromatic heterocycles. The molecule has 1 atom stereocenters. The van der Waals surface area contributed by atoms with E-state index in [1.54, 1.807) is 0 Å². The van der Waals surface area contributed by atoms with Crippen molar-refractivity contribution >= 4 is 0 Å². The molecule has 1 N–H and O–H groups in total. The Morgan fingerprint density at radius 2 is 1.95 bits per heavy atom. The number of fused-ring (bicyclic) bond motifs is 1. The highest BCUT2D eigenvalue weighted by Crippen LogP contribution is 2.25. The Balaban J connectivity index is 1.59. The van der Waals surface area contributed by atoms with Crippen molar-refractivity contribution in [1.29, 1.82) is 0 Å². The van der Waals surface area contributed by atoms with Crippen molar-refractivity contribution in [1.82, 2.24) is 25.7 Å². The minimum Gasteiger partial charge on any atom is -0.337 e. The van der Waals surface area contributed by atoms with Crippen molar-refractivity contribution in [2.24, 2.45) is 0 Å². The number of hydrogen-bond donors (Lipinski definition) is 1. The molecule has 0 radical (unpaired) electrons. The fourth-order valence-electron chi connectivity index (χ4n) is 2.63. The molecule has 0 unspecified atom stereocenters. The molecule has 3 heterocycles. The van der Waals surface area contributed by atoms with Gasteiger partial charge in [-0.1, -0.05) is 29.4 Å². The maximum absolute atomic E-state index is 5.41. The van der Waals surface area contributed by atoms with Crippen LogP contribution in [-0.4, -0.2) is 20.3 Å². The predicted octanol–water partition coefficient (Wildman–Crippen LogP) is 2.22. The highest BCUT2D eigenvalue weighted by molar-refractivity contribution is 5.47. The SMILES string of the molecule is Cc1ccc(-c2noc([C@H]3Cc4ccccc4CN3)n2)nn1. The van der Waals surface area contributed by atoms with Crippen LogP contribution >= 0.6 is 0 Å². The van der Waals surface area contributed by atoms with Gasteiger partial charge in [-0.3, -0.25) is 0 Å². The number of nitrogens with one attached hydrogen (secondary N) is 1. The molecule has 1 aromatic carbocycles. The Morgan fingerprint density at radius 3 is 2.77 bits per heavy atom. The number of aryl methyl sites for hydroxylation is 1. The molecule has 3 aromatic rings. The molecule has 4 rings (SSSR count). The third kappa shape index (κ3) is 2.37. The predicted molar refractivity (Wildman–Crippen MR) is 79.8 cm³/mol. The minimum atomic E-state index is 0.0366. The van der Waals surface area contributed by atoms with Crippen LogP contribution in [-0.2, 0) is 13.0 Å². The Kier molecular flexibility index (Phi) is 3.16. The lowest BCUT2D eigenvalue weighted by molar-refractivity contribution is 0.321. The lowest BCUT2D eigenvalue weighted by Gasteiger charge is -2.23. The fraction of sp³-hybridized carbons (Fsp3) is 0.250. The summed E-state index contributed by atoms with van der Waals surface area (Å²) >= 11 is 0. The second-order valence-corrected chi connectivity index (χ2v) is 5.42. The summed E-state index contributed by atoms with van der Waals surface area (Å²) in [7, 11) is 0. The van der Waals surface area contributed by atoms with Crippen LogP contribution < -0.4 is 5.32 Å². The molecule has 0 saturated carbocycles. The average molecular weight is 293 g/mol. The van der Waals surface area contributed by atoms with Crippen LogP contribution in [0.5, 0.6) is 0 Å². The van der Waals surface area contributed by atoms with Gasteiger partial charge in [0.05, 0.1) is 11.7 Å². The van der Waals surface area contributed by atoms with Crippen LogP contribution in [0.15, 0.2) is 40.9 Å². The molecule has 0 fully saturated rings. The fourth-order valence-corrected chi connectivity index (χ4v) is 2.63. The van der Waals surface area contributed by atoms with Crippen LogP contribution in [0, 0.1) is 6.92 Å². The van der Waals surface area contributed by atoms with Crippen LogP contribution in [0.25, 0.3) is 11.5 Å². The van der Waals surface area contributed by atoms with Gasteiger partial charge in [0.1, 0.15) is 5.69 Å². The lowest BCUT2D eigenvalue weighted by Crippen LogP contribution is -2.28. The minimum absolute atomic E-state index is 0.0366. The summed E-state index contributed by atoms with van der Waals surface area (Å²) in [6.45, 7) is 2.70. The monoisotopic (exact) mass is 293 g/mol. The summed E-state index contributed by atoms with van der Waals surface area (Å²) in [5, 5.41) is 15.6. The number of rotatable bonds is 2. The zero-order chi connectivity index (χ0) is 14.9. The molecule has 22 heavy (non-hydrogen) atoms. The molecule has 1 aliphatic heterocycles. The van der Waals surface area contributed by atoms with Crippen LogP contribution in [0.1, 0.15) is 28.8 Å². The van der Waals surface area contributed by atoms with E-state index >= 15 is 0 Å². The standard InChI is InChI=1S/C16H15N5O/c1-10-6-7-13(20-19-10)15-18-16(22-21-15)14-8-11-4-2-3-5-12(11)9-17-14/h2-7,14,17H,8-9H2,1H3/t14-/m1/s1.